The average Bonchev–Trinajstić information content (AvgIpc) is 2.19. The summed E-state index contributed by atoms with van der Waals surface area (Å²) in [6.07, 6.45) is 2.94. The molecule has 1 N–H and O–H groups in total. The van der Waals surface area contributed by atoms with Crippen LogP contribution >= 0.6 is 0 Å². The fraction of sp³-hybridized carbons (Fsp3) is 0.500. The molecule has 0 radical (unpaired) electrons. The van der Waals surface area contributed by atoms with Crippen LogP contribution in [0.2, 0.25) is 0 Å². The molecule has 0 aromatic carbocycles. The van der Waals surface area contributed by atoms with Crippen molar-refractivity contribution in [1.82, 2.24) is 9.97 Å². The fourth-order valence-electron chi connectivity index (χ4n) is 1.03. The molecule has 0 bridgehead atoms. The Kier molecular flexibility index (Phi) is 4.01. The van der Waals surface area contributed by atoms with Gasteiger partial charge in [0.15, 0.2) is 0 Å². The highest BCUT2D eigenvalue weighted by Crippen LogP contribution is 2.14. The van der Waals surface area contributed by atoms with Gasteiger partial charge in [-0.15, -0.1) is 0 Å². The van der Waals surface area contributed by atoms with Gasteiger partial charge in [-0.05, 0) is 13.8 Å². The van der Waals surface area contributed by atoms with Gasteiger partial charge in [-0.3, -0.25) is 4.98 Å². The van der Waals surface area contributed by atoms with Crippen LogP contribution in [0.5, 0.6) is 5.88 Å². The predicted octanol–water partition coefficient (Wildman–Crippen LogP) is 0.863. The molecule has 0 fully saturated rings. The summed E-state index contributed by atoms with van der Waals surface area (Å²) < 4.78 is 5.33. The van der Waals surface area contributed by atoms with Crippen LogP contribution < -0.4 is 4.74 Å². The largest absolute Gasteiger partial charge is 0.474 e. The fourth-order valence-corrected chi connectivity index (χ4v) is 1.03. The van der Waals surface area contributed by atoms with E-state index in [1.807, 2.05) is 19.9 Å². The Hall–Kier alpha value is -1.67. The topological polar surface area (TPSA) is 79.0 Å². The highest BCUT2D eigenvalue weighted by molar-refractivity contribution is 5.17. The number of hydrogen-bond acceptors (Lipinski definition) is 5. The van der Waals surface area contributed by atoms with E-state index in [0.717, 1.165) is 0 Å². The standard InChI is InChI=1S/C10H13N3O2/c1-7(2)15-10-5-12-4-9(13-10)8(3-11)6-14/h4-5,7-8,14H,6H2,1-2H3. The molecule has 5 nitrogen and oxygen atoms in total. The van der Waals surface area contributed by atoms with Gasteiger partial charge in [0, 0.05) is 0 Å². The minimum Gasteiger partial charge on any atom is -0.474 e. The first kappa shape index (κ1) is 11.4. The van der Waals surface area contributed by atoms with E-state index in [1.165, 1.54) is 12.4 Å². The number of ether oxygens (including phenoxy) is 1. The number of aliphatic hydroxyl groups is 1. The minimum absolute atomic E-state index is 0.00390. The van der Waals surface area contributed by atoms with Gasteiger partial charge in [0.25, 0.3) is 0 Å². The second-order valence-electron chi connectivity index (χ2n) is 3.31. The number of aromatic nitrogens is 2. The molecule has 5 heteroatoms. The van der Waals surface area contributed by atoms with Crippen LogP contribution in [-0.2, 0) is 0 Å². The summed E-state index contributed by atoms with van der Waals surface area (Å²) >= 11 is 0. The second kappa shape index (κ2) is 5.27. The molecule has 1 unspecified atom stereocenters. The summed E-state index contributed by atoms with van der Waals surface area (Å²) in [6.45, 7) is 3.49. The smallest absolute Gasteiger partial charge is 0.232 e. The maximum atomic E-state index is 8.92. The molecule has 0 aliphatic heterocycles. The number of nitriles is 1. The second-order valence-corrected chi connectivity index (χ2v) is 3.31. The molecule has 1 aromatic rings. The Balaban J connectivity index is 2.87. The Morgan fingerprint density at radius 3 is 2.80 bits per heavy atom. The van der Waals surface area contributed by atoms with E-state index in [-0.39, 0.29) is 12.7 Å². The van der Waals surface area contributed by atoms with Crippen molar-refractivity contribution in [2.45, 2.75) is 25.9 Å². The number of aliphatic hydroxyl groups excluding tert-OH is 1. The highest BCUT2D eigenvalue weighted by Gasteiger charge is 2.12. The van der Waals surface area contributed by atoms with Crippen LogP contribution in [0.1, 0.15) is 25.5 Å². The van der Waals surface area contributed by atoms with Gasteiger partial charge in [0.05, 0.1) is 36.9 Å². The van der Waals surface area contributed by atoms with E-state index in [9.17, 15) is 0 Å². The van der Waals surface area contributed by atoms with Crippen molar-refractivity contribution in [3.63, 3.8) is 0 Å². The lowest BCUT2D eigenvalue weighted by Crippen LogP contribution is -2.10. The van der Waals surface area contributed by atoms with Gasteiger partial charge in [-0.1, -0.05) is 0 Å². The SMILES string of the molecule is CC(C)Oc1cncc(C(C#N)CO)n1. The van der Waals surface area contributed by atoms with Gasteiger partial charge in [-0.25, -0.2) is 4.98 Å². The molecule has 0 aliphatic rings. The highest BCUT2D eigenvalue weighted by atomic mass is 16.5. The Morgan fingerprint density at radius 1 is 1.53 bits per heavy atom. The first-order valence-electron chi connectivity index (χ1n) is 4.66. The first-order chi connectivity index (χ1) is 7.17. The monoisotopic (exact) mass is 207 g/mol. The minimum atomic E-state index is -0.645. The summed E-state index contributed by atoms with van der Waals surface area (Å²) in [5, 5.41) is 17.7. The predicted molar refractivity (Wildman–Crippen MR) is 53.2 cm³/mol. The van der Waals surface area contributed by atoms with Crippen LogP contribution in [0.15, 0.2) is 12.4 Å². The normalized spacial score (nSPS) is 12.2. The zero-order chi connectivity index (χ0) is 11.3. The van der Waals surface area contributed by atoms with Gasteiger partial charge >= 0.3 is 0 Å². The van der Waals surface area contributed by atoms with Crippen molar-refractivity contribution in [2.24, 2.45) is 0 Å². The van der Waals surface area contributed by atoms with Gasteiger partial charge < -0.3 is 9.84 Å². The molecule has 1 rings (SSSR count). The summed E-state index contributed by atoms with van der Waals surface area (Å²) in [5.41, 5.74) is 0.429. The first-order valence-corrected chi connectivity index (χ1v) is 4.66. The molecular weight excluding hydrogens is 194 g/mol. The molecule has 1 aromatic heterocycles. The third-order valence-corrected chi connectivity index (χ3v) is 1.68. The van der Waals surface area contributed by atoms with Gasteiger partial charge in [0.1, 0.15) is 5.92 Å². The molecule has 0 saturated carbocycles. The van der Waals surface area contributed by atoms with Crippen LogP contribution in [-0.4, -0.2) is 27.8 Å². The van der Waals surface area contributed by atoms with E-state index < -0.39 is 5.92 Å². The summed E-state index contributed by atoms with van der Waals surface area (Å²) in [6, 6.07) is 1.94. The maximum Gasteiger partial charge on any atom is 0.232 e. The lowest BCUT2D eigenvalue weighted by atomic mass is 10.1. The number of rotatable bonds is 4. The third-order valence-electron chi connectivity index (χ3n) is 1.68. The molecule has 15 heavy (non-hydrogen) atoms. The lowest BCUT2D eigenvalue weighted by Gasteiger charge is -2.10. The summed E-state index contributed by atoms with van der Waals surface area (Å²) in [4.78, 5) is 7.99. The molecule has 0 spiro atoms. The van der Waals surface area contributed by atoms with Crippen molar-refractivity contribution >= 4 is 0 Å². The van der Waals surface area contributed by atoms with Crippen LogP contribution in [0.3, 0.4) is 0 Å². The van der Waals surface area contributed by atoms with Crippen LogP contribution in [0.25, 0.3) is 0 Å². The number of hydrogen-bond donors (Lipinski definition) is 1. The molecule has 80 valence electrons. The van der Waals surface area contributed by atoms with Crippen LogP contribution in [0, 0.1) is 11.3 Å². The summed E-state index contributed by atoms with van der Waals surface area (Å²) in [7, 11) is 0. The van der Waals surface area contributed by atoms with E-state index in [2.05, 4.69) is 9.97 Å². The van der Waals surface area contributed by atoms with E-state index in [0.29, 0.717) is 11.6 Å². The van der Waals surface area contributed by atoms with Crippen LogP contribution in [0.4, 0.5) is 0 Å². The maximum absolute atomic E-state index is 8.92. The zero-order valence-corrected chi connectivity index (χ0v) is 8.71. The molecule has 0 amide bonds. The van der Waals surface area contributed by atoms with Gasteiger partial charge in [0.2, 0.25) is 5.88 Å². The van der Waals surface area contributed by atoms with Crippen molar-refractivity contribution in [2.75, 3.05) is 6.61 Å². The quantitative estimate of drug-likeness (QED) is 0.792. The zero-order valence-electron chi connectivity index (χ0n) is 8.71. The van der Waals surface area contributed by atoms with E-state index >= 15 is 0 Å². The molecular formula is C10H13N3O2. The summed E-state index contributed by atoms with van der Waals surface area (Å²) in [5.74, 6) is -0.274. The Bertz CT molecular complexity index is 360. The van der Waals surface area contributed by atoms with E-state index in [4.69, 9.17) is 15.1 Å². The molecule has 0 saturated heterocycles. The van der Waals surface area contributed by atoms with Crippen molar-refractivity contribution < 1.29 is 9.84 Å². The Morgan fingerprint density at radius 2 is 2.27 bits per heavy atom. The average molecular weight is 207 g/mol. The molecule has 1 heterocycles. The van der Waals surface area contributed by atoms with Crippen molar-refractivity contribution in [3.8, 4) is 11.9 Å². The van der Waals surface area contributed by atoms with Crippen molar-refractivity contribution in [1.29, 1.82) is 5.26 Å². The molecule has 1 atom stereocenters. The lowest BCUT2D eigenvalue weighted by molar-refractivity contribution is 0.229. The third kappa shape index (κ3) is 3.18. The molecule has 0 aliphatic carbocycles. The number of nitrogens with zero attached hydrogens (tertiary/aromatic N) is 3. The van der Waals surface area contributed by atoms with Gasteiger partial charge in [-0.2, -0.15) is 5.26 Å². The van der Waals surface area contributed by atoms with Crippen molar-refractivity contribution in [3.05, 3.63) is 18.1 Å². The van der Waals surface area contributed by atoms with E-state index in [1.54, 1.807) is 0 Å². The Labute approximate surface area is 88.4 Å².